The van der Waals surface area contributed by atoms with Crippen LogP contribution in [0.5, 0.6) is 0 Å². The summed E-state index contributed by atoms with van der Waals surface area (Å²) in [6, 6.07) is 4.79. The van der Waals surface area contributed by atoms with E-state index >= 15 is 0 Å². The second-order valence-electron chi connectivity index (χ2n) is 5.05. The zero-order valence-electron chi connectivity index (χ0n) is 12.1. The molecule has 19 heavy (non-hydrogen) atoms. The Bertz CT molecular complexity index is 389. The molecule has 0 saturated heterocycles. The highest BCUT2D eigenvalue weighted by Gasteiger charge is 2.30. The molecule has 0 spiro atoms. The van der Waals surface area contributed by atoms with Crippen molar-refractivity contribution in [2.75, 3.05) is 13.2 Å². The second kappa shape index (κ2) is 7.22. The van der Waals surface area contributed by atoms with Gasteiger partial charge in [-0.05, 0) is 45.9 Å². The molecule has 0 aliphatic carbocycles. The van der Waals surface area contributed by atoms with E-state index in [0.29, 0.717) is 23.6 Å². The smallest absolute Gasteiger partial charge is 0.127 e. The van der Waals surface area contributed by atoms with Crippen molar-refractivity contribution in [3.8, 4) is 0 Å². The van der Waals surface area contributed by atoms with Gasteiger partial charge in [0.25, 0.3) is 0 Å². The lowest BCUT2D eigenvalue weighted by molar-refractivity contribution is -0.0378. The second-order valence-corrected chi connectivity index (χ2v) is 5.46. The van der Waals surface area contributed by atoms with Gasteiger partial charge in [0, 0.05) is 23.2 Å². The van der Waals surface area contributed by atoms with Crippen molar-refractivity contribution in [2.24, 2.45) is 0 Å². The van der Waals surface area contributed by atoms with Gasteiger partial charge in [0.2, 0.25) is 0 Å². The summed E-state index contributed by atoms with van der Waals surface area (Å²) in [7, 11) is 0. The molecule has 0 fully saturated rings. The van der Waals surface area contributed by atoms with Crippen LogP contribution in [0.3, 0.4) is 0 Å². The number of hydrogen-bond acceptors (Lipinski definition) is 2. The van der Waals surface area contributed by atoms with Crippen molar-refractivity contribution in [2.45, 2.75) is 45.8 Å². The lowest BCUT2D eigenvalue weighted by Crippen LogP contribution is -2.50. The van der Waals surface area contributed by atoms with E-state index in [1.807, 2.05) is 27.7 Å². The molecule has 0 bridgehead atoms. The molecule has 1 unspecified atom stereocenters. The fourth-order valence-corrected chi connectivity index (χ4v) is 2.45. The summed E-state index contributed by atoms with van der Waals surface area (Å²) in [4.78, 5) is 0. The molecular weight excluding hydrogens is 265 g/mol. The number of nitrogens with one attached hydrogen (secondary N) is 1. The van der Waals surface area contributed by atoms with Crippen molar-refractivity contribution in [1.29, 1.82) is 0 Å². The van der Waals surface area contributed by atoms with Crippen LogP contribution in [0.25, 0.3) is 0 Å². The van der Waals surface area contributed by atoms with Gasteiger partial charge in [-0.1, -0.05) is 24.6 Å². The van der Waals surface area contributed by atoms with E-state index in [1.165, 1.54) is 6.07 Å². The Morgan fingerprint density at radius 2 is 2.05 bits per heavy atom. The molecule has 0 aliphatic rings. The number of ether oxygens (including phenoxy) is 1. The first-order chi connectivity index (χ1) is 8.92. The Kier molecular flexibility index (Phi) is 6.24. The number of likely N-dealkylation sites (N-methyl/N-ethyl adjacent to an activating group) is 1. The van der Waals surface area contributed by atoms with Crippen LogP contribution in [0.2, 0.25) is 5.02 Å². The highest BCUT2D eigenvalue weighted by molar-refractivity contribution is 6.31. The zero-order chi connectivity index (χ0) is 14.5. The maximum Gasteiger partial charge on any atom is 0.127 e. The van der Waals surface area contributed by atoms with Crippen LogP contribution in [0, 0.1) is 5.82 Å². The highest BCUT2D eigenvalue weighted by Crippen LogP contribution is 2.25. The van der Waals surface area contributed by atoms with Gasteiger partial charge >= 0.3 is 0 Å². The largest absolute Gasteiger partial charge is 0.374 e. The highest BCUT2D eigenvalue weighted by atomic mass is 35.5. The van der Waals surface area contributed by atoms with Gasteiger partial charge in [-0.2, -0.15) is 0 Å². The molecule has 2 nitrogen and oxygen atoms in total. The number of rotatable bonds is 7. The van der Waals surface area contributed by atoms with E-state index in [2.05, 4.69) is 5.32 Å². The molecule has 108 valence electrons. The molecule has 1 N–H and O–H groups in total. The van der Waals surface area contributed by atoms with Gasteiger partial charge in [0.1, 0.15) is 5.82 Å². The van der Waals surface area contributed by atoms with Gasteiger partial charge in [0.15, 0.2) is 0 Å². The maximum atomic E-state index is 13.9. The first-order valence-electron chi connectivity index (χ1n) is 6.72. The van der Waals surface area contributed by atoms with E-state index in [0.717, 1.165) is 6.54 Å². The third kappa shape index (κ3) is 4.44. The molecule has 1 atom stereocenters. The van der Waals surface area contributed by atoms with Crippen LogP contribution < -0.4 is 5.32 Å². The summed E-state index contributed by atoms with van der Waals surface area (Å²) in [6.07, 6.45) is 0.506. The molecule has 1 rings (SSSR count). The van der Waals surface area contributed by atoms with Crippen molar-refractivity contribution in [3.63, 3.8) is 0 Å². The zero-order valence-corrected chi connectivity index (χ0v) is 12.9. The number of halogens is 2. The van der Waals surface area contributed by atoms with E-state index in [9.17, 15) is 4.39 Å². The lowest BCUT2D eigenvalue weighted by Gasteiger charge is -2.35. The number of hydrogen-bond donors (Lipinski definition) is 1. The maximum absolute atomic E-state index is 13.9. The van der Waals surface area contributed by atoms with E-state index in [4.69, 9.17) is 16.3 Å². The van der Waals surface area contributed by atoms with Crippen LogP contribution >= 0.6 is 11.6 Å². The molecule has 0 aromatic heterocycles. The summed E-state index contributed by atoms with van der Waals surface area (Å²) >= 11 is 6.09. The van der Waals surface area contributed by atoms with Gasteiger partial charge < -0.3 is 10.1 Å². The summed E-state index contributed by atoms with van der Waals surface area (Å²) in [5.74, 6) is -0.261. The normalized spacial score (nSPS) is 13.6. The average molecular weight is 288 g/mol. The van der Waals surface area contributed by atoms with Crippen molar-refractivity contribution < 1.29 is 9.13 Å². The fraction of sp³-hybridized carbons (Fsp3) is 0.600. The van der Waals surface area contributed by atoms with Crippen LogP contribution in [-0.2, 0) is 11.2 Å². The van der Waals surface area contributed by atoms with E-state index < -0.39 is 0 Å². The van der Waals surface area contributed by atoms with Crippen molar-refractivity contribution in [1.82, 2.24) is 5.32 Å². The summed E-state index contributed by atoms with van der Waals surface area (Å²) in [6.45, 7) is 9.43. The Morgan fingerprint density at radius 1 is 1.37 bits per heavy atom. The van der Waals surface area contributed by atoms with Crippen LogP contribution in [-0.4, -0.2) is 24.8 Å². The Hall–Kier alpha value is -0.640. The SMILES string of the molecule is CCNC(Cc1c(F)cccc1Cl)C(C)(C)OCC. The van der Waals surface area contributed by atoms with Crippen LogP contribution in [0.1, 0.15) is 33.3 Å². The first-order valence-corrected chi connectivity index (χ1v) is 7.10. The average Bonchev–Trinajstić information content (AvgIpc) is 2.32. The Morgan fingerprint density at radius 3 is 2.58 bits per heavy atom. The van der Waals surface area contributed by atoms with Gasteiger partial charge in [-0.3, -0.25) is 0 Å². The molecule has 0 amide bonds. The van der Waals surface area contributed by atoms with Crippen molar-refractivity contribution in [3.05, 3.63) is 34.6 Å². The summed E-state index contributed by atoms with van der Waals surface area (Å²) < 4.78 is 19.6. The van der Waals surface area contributed by atoms with E-state index in [-0.39, 0.29) is 17.5 Å². The molecule has 1 aromatic carbocycles. The van der Waals surface area contributed by atoms with Crippen LogP contribution in [0.4, 0.5) is 4.39 Å². The summed E-state index contributed by atoms with van der Waals surface area (Å²) in [5.41, 5.74) is 0.166. The summed E-state index contributed by atoms with van der Waals surface area (Å²) in [5, 5.41) is 3.83. The minimum atomic E-state index is -0.379. The lowest BCUT2D eigenvalue weighted by atomic mass is 9.91. The quantitative estimate of drug-likeness (QED) is 0.823. The fourth-order valence-electron chi connectivity index (χ4n) is 2.21. The molecular formula is C15H23ClFNO. The Balaban J connectivity index is 2.95. The third-order valence-electron chi connectivity index (χ3n) is 3.28. The van der Waals surface area contributed by atoms with E-state index in [1.54, 1.807) is 12.1 Å². The molecule has 4 heteroatoms. The molecule has 1 aromatic rings. The van der Waals surface area contributed by atoms with Crippen molar-refractivity contribution >= 4 is 11.6 Å². The predicted molar refractivity (Wildman–Crippen MR) is 78.3 cm³/mol. The molecule has 0 radical (unpaired) electrons. The standard InChI is InChI=1S/C15H23ClFNO/c1-5-18-14(15(3,4)19-6-2)10-11-12(16)8-7-9-13(11)17/h7-9,14,18H,5-6,10H2,1-4H3. The third-order valence-corrected chi connectivity index (χ3v) is 3.63. The van der Waals surface area contributed by atoms with Gasteiger partial charge in [0.05, 0.1) is 5.60 Å². The molecule has 0 saturated carbocycles. The predicted octanol–water partition coefficient (Wildman–Crippen LogP) is 3.81. The van der Waals surface area contributed by atoms with Crippen LogP contribution in [0.15, 0.2) is 18.2 Å². The topological polar surface area (TPSA) is 21.3 Å². The number of benzene rings is 1. The monoisotopic (exact) mass is 287 g/mol. The van der Waals surface area contributed by atoms with Gasteiger partial charge in [-0.15, -0.1) is 0 Å². The Labute approximate surface area is 120 Å². The first kappa shape index (κ1) is 16.4. The minimum absolute atomic E-state index is 0.00634. The molecule has 0 aliphatic heterocycles. The van der Waals surface area contributed by atoms with Gasteiger partial charge in [-0.25, -0.2) is 4.39 Å². The minimum Gasteiger partial charge on any atom is -0.374 e. The molecule has 0 heterocycles.